The van der Waals surface area contributed by atoms with Gasteiger partial charge in [0, 0.05) is 66.9 Å². The molecular formula is C37H36ClFN8O5. The molecule has 6 heterocycles. The third kappa shape index (κ3) is 6.43. The van der Waals surface area contributed by atoms with Gasteiger partial charge in [0.1, 0.15) is 23.7 Å². The van der Waals surface area contributed by atoms with Crippen molar-refractivity contribution in [1.82, 2.24) is 30.6 Å². The Kier molecular flexibility index (Phi) is 9.00. The van der Waals surface area contributed by atoms with Crippen LogP contribution in [0.4, 0.5) is 10.2 Å². The zero-order valence-electron chi connectivity index (χ0n) is 28.2. The molecule has 0 radical (unpaired) electrons. The van der Waals surface area contributed by atoms with Gasteiger partial charge < -0.3 is 19.9 Å². The standard InChI is InChI=1S/C37H36ClFN8O5/c38-29-14-26(5-1-20(29)15-40)52-25-6-3-22(4-7-25)41-35(49)30-9-11-32(44-43-30)45-17-23-13-24(18-45)46(23)16-21-2-8-27-28(34(21)39)19-47(37(27)51)31-10-12-33(48)42-36(31)50/h1-2,5,8-9,11,14,22-25,31H,3-4,6-7,10,12-13,16-19H2,(H,41,49)(H,42,48,50)/t22-,23?,24?,25-,31?. The minimum Gasteiger partial charge on any atom is -0.490 e. The van der Waals surface area contributed by atoms with Gasteiger partial charge in [0.25, 0.3) is 11.8 Å². The Balaban J connectivity index is 0.819. The molecule has 6 aliphatic rings. The third-order valence-corrected chi connectivity index (χ3v) is 11.3. The first-order chi connectivity index (χ1) is 25.1. The number of carbonyl (C=O) groups is 4. The number of rotatable bonds is 8. The Morgan fingerprint density at radius 1 is 1.04 bits per heavy atom. The van der Waals surface area contributed by atoms with E-state index in [1.807, 2.05) is 12.1 Å². The Labute approximate surface area is 304 Å². The number of piperidine rings is 2. The van der Waals surface area contributed by atoms with Crippen molar-refractivity contribution in [3.63, 3.8) is 0 Å². The van der Waals surface area contributed by atoms with Gasteiger partial charge in [-0.1, -0.05) is 17.7 Å². The normalized spacial score (nSPS) is 25.6. The monoisotopic (exact) mass is 726 g/mol. The van der Waals surface area contributed by atoms with Crippen molar-refractivity contribution in [3.05, 3.63) is 81.3 Å². The van der Waals surface area contributed by atoms with Gasteiger partial charge >= 0.3 is 0 Å². The maximum Gasteiger partial charge on any atom is 0.272 e. The SMILES string of the molecule is N#Cc1ccc(O[C@H]2CC[C@H](NC(=O)c3ccc(N4CC5CC(C4)N5Cc4ccc5c(c4F)CN(C4CCC(=O)NC4=O)C5=O)nn3)CC2)cc1Cl. The third-order valence-electron chi connectivity index (χ3n) is 11.0. The van der Waals surface area contributed by atoms with Crippen LogP contribution in [0.25, 0.3) is 0 Å². The maximum atomic E-state index is 15.8. The van der Waals surface area contributed by atoms with E-state index < -0.39 is 23.7 Å². The van der Waals surface area contributed by atoms with Crippen LogP contribution in [0.3, 0.4) is 0 Å². The number of anilines is 1. The number of carbonyl (C=O) groups excluding carboxylic acids is 4. The summed E-state index contributed by atoms with van der Waals surface area (Å²) >= 11 is 6.13. The van der Waals surface area contributed by atoms with Crippen molar-refractivity contribution in [3.8, 4) is 11.8 Å². The molecule has 15 heteroatoms. The fourth-order valence-corrected chi connectivity index (χ4v) is 8.37. The van der Waals surface area contributed by atoms with Crippen LogP contribution < -0.4 is 20.3 Å². The highest BCUT2D eigenvalue weighted by Crippen LogP contribution is 2.37. The number of hydrogen-bond donors (Lipinski definition) is 2. The van der Waals surface area contributed by atoms with Gasteiger partial charge in [0.05, 0.1) is 23.2 Å². The Morgan fingerprint density at radius 2 is 1.83 bits per heavy atom. The summed E-state index contributed by atoms with van der Waals surface area (Å²) in [4.78, 5) is 55.8. The minimum absolute atomic E-state index is 0.000599. The number of benzene rings is 2. The largest absolute Gasteiger partial charge is 0.490 e. The molecule has 2 N–H and O–H groups in total. The van der Waals surface area contributed by atoms with Crippen LogP contribution in [0.1, 0.15) is 82.5 Å². The predicted molar refractivity (Wildman–Crippen MR) is 185 cm³/mol. The quantitative estimate of drug-likeness (QED) is 0.329. The number of piperazine rings is 1. The zero-order valence-corrected chi connectivity index (χ0v) is 28.9. The summed E-state index contributed by atoms with van der Waals surface area (Å²) in [6.45, 7) is 1.77. The second-order valence-corrected chi connectivity index (χ2v) is 14.6. The lowest BCUT2D eigenvalue weighted by Gasteiger charge is -2.56. The van der Waals surface area contributed by atoms with Crippen LogP contribution in [-0.2, 0) is 22.7 Å². The summed E-state index contributed by atoms with van der Waals surface area (Å²) in [7, 11) is 0. The van der Waals surface area contributed by atoms with E-state index in [1.165, 1.54) is 4.90 Å². The molecule has 4 saturated heterocycles. The van der Waals surface area contributed by atoms with E-state index in [0.29, 0.717) is 52.9 Å². The lowest BCUT2D eigenvalue weighted by Crippen LogP contribution is -2.68. The number of nitrogens with zero attached hydrogens (tertiary/aromatic N) is 6. The summed E-state index contributed by atoms with van der Waals surface area (Å²) in [5, 5.41) is 23.4. The van der Waals surface area contributed by atoms with Crippen LogP contribution in [0.2, 0.25) is 5.02 Å². The Morgan fingerprint density at radius 3 is 2.52 bits per heavy atom. The molecule has 4 amide bonds. The maximum absolute atomic E-state index is 15.8. The van der Waals surface area contributed by atoms with E-state index in [1.54, 1.807) is 36.4 Å². The highest BCUT2D eigenvalue weighted by Gasteiger charge is 2.46. The highest BCUT2D eigenvalue weighted by atomic mass is 35.5. The predicted octanol–water partition coefficient (Wildman–Crippen LogP) is 3.48. The molecule has 2 aromatic carbocycles. The van der Waals surface area contributed by atoms with Gasteiger partial charge in [0.15, 0.2) is 11.5 Å². The van der Waals surface area contributed by atoms with Crippen molar-refractivity contribution >= 4 is 41.0 Å². The summed E-state index contributed by atoms with van der Waals surface area (Å²) in [5.41, 5.74) is 1.72. The van der Waals surface area contributed by atoms with Gasteiger partial charge in [-0.15, -0.1) is 10.2 Å². The Hall–Kier alpha value is -5.13. The molecule has 1 aliphatic carbocycles. The van der Waals surface area contributed by atoms with Crippen LogP contribution in [-0.4, -0.2) is 87.0 Å². The number of halogens is 2. The number of hydrogen-bond acceptors (Lipinski definition) is 10. The first-order valence-corrected chi connectivity index (χ1v) is 18.0. The van der Waals surface area contributed by atoms with Crippen molar-refractivity contribution in [1.29, 1.82) is 5.26 Å². The molecule has 2 bridgehead atoms. The van der Waals surface area contributed by atoms with E-state index in [9.17, 15) is 19.2 Å². The molecule has 3 unspecified atom stereocenters. The summed E-state index contributed by atoms with van der Waals surface area (Å²) in [6, 6.07) is 13.5. The van der Waals surface area contributed by atoms with Gasteiger partial charge in [-0.2, -0.15) is 5.26 Å². The molecule has 13 nitrogen and oxygen atoms in total. The van der Waals surface area contributed by atoms with Crippen molar-refractivity contribution < 1.29 is 28.3 Å². The van der Waals surface area contributed by atoms with Crippen LogP contribution in [0.15, 0.2) is 42.5 Å². The molecular weight excluding hydrogens is 691 g/mol. The zero-order chi connectivity index (χ0) is 36.1. The first kappa shape index (κ1) is 34.0. The minimum atomic E-state index is -0.790. The number of amides is 4. The fourth-order valence-electron chi connectivity index (χ4n) is 8.16. The van der Waals surface area contributed by atoms with E-state index in [4.69, 9.17) is 21.6 Å². The molecule has 3 atom stereocenters. The van der Waals surface area contributed by atoms with Gasteiger partial charge in [0.2, 0.25) is 11.8 Å². The van der Waals surface area contributed by atoms with E-state index in [2.05, 4.69) is 30.6 Å². The molecule has 1 saturated carbocycles. The number of nitriles is 1. The van der Waals surface area contributed by atoms with Crippen LogP contribution >= 0.6 is 11.6 Å². The molecule has 9 rings (SSSR count). The smallest absolute Gasteiger partial charge is 0.272 e. The van der Waals surface area contributed by atoms with Crippen molar-refractivity contribution in [2.24, 2.45) is 0 Å². The number of nitrogens with one attached hydrogen (secondary N) is 2. The van der Waals surface area contributed by atoms with E-state index in [-0.39, 0.29) is 66.7 Å². The van der Waals surface area contributed by atoms with Crippen molar-refractivity contribution in [2.45, 2.75) is 88.3 Å². The fraction of sp³-hybridized carbons (Fsp3) is 0.432. The average molecular weight is 727 g/mol. The number of fused-ring (bicyclic) bond motifs is 3. The molecule has 52 heavy (non-hydrogen) atoms. The molecule has 268 valence electrons. The van der Waals surface area contributed by atoms with Gasteiger partial charge in [-0.05, 0) is 68.9 Å². The highest BCUT2D eigenvalue weighted by molar-refractivity contribution is 6.31. The van der Waals surface area contributed by atoms with Crippen LogP contribution in [0, 0.1) is 17.1 Å². The number of aromatic nitrogens is 2. The van der Waals surface area contributed by atoms with Crippen LogP contribution in [0.5, 0.6) is 5.75 Å². The summed E-state index contributed by atoms with van der Waals surface area (Å²) in [6.07, 6.45) is 4.40. The Bertz CT molecular complexity index is 1990. The lowest BCUT2D eigenvalue weighted by molar-refractivity contribution is -0.136. The number of ether oxygens (including phenoxy) is 1. The first-order valence-electron chi connectivity index (χ1n) is 17.6. The summed E-state index contributed by atoms with van der Waals surface area (Å²) in [5.74, 6) is -0.661. The van der Waals surface area contributed by atoms with Gasteiger partial charge in [-0.3, -0.25) is 29.4 Å². The van der Waals surface area contributed by atoms with Crippen molar-refractivity contribution in [2.75, 3.05) is 18.0 Å². The van der Waals surface area contributed by atoms with E-state index in [0.717, 1.165) is 32.1 Å². The summed E-state index contributed by atoms with van der Waals surface area (Å²) < 4.78 is 21.9. The lowest BCUT2D eigenvalue weighted by atomic mass is 9.86. The van der Waals surface area contributed by atoms with Gasteiger partial charge in [-0.25, -0.2) is 4.39 Å². The number of imide groups is 1. The second kappa shape index (κ2) is 13.8. The molecule has 5 fully saturated rings. The topological polar surface area (TPSA) is 161 Å². The molecule has 0 spiro atoms. The molecule has 1 aromatic heterocycles. The van der Waals surface area contributed by atoms with E-state index >= 15 is 4.39 Å². The molecule has 3 aromatic rings. The average Bonchev–Trinajstić information content (AvgIpc) is 3.48. The second-order valence-electron chi connectivity index (χ2n) is 14.2. The molecule has 5 aliphatic heterocycles.